The van der Waals surface area contributed by atoms with E-state index in [2.05, 4.69) is 4.98 Å². The number of alkyl halides is 1. The van der Waals surface area contributed by atoms with Crippen LogP contribution in [-0.4, -0.2) is 22.1 Å². The van der Waals surface area contributed by atoms with Gasteiger partial charge in [-0.3, -0.25) is 4.79 Å². The molecule has 1 aromatic heterocycles. The molecule has 19 heavy (non-hydrogen) atoms. The number of imidazole rings is 1. The Labute approximate surface area is 117 Å². The average molecular weight is 281 g/mol. The molecule has 1 aromatic carbocycles. The summed E-state index contributed by atoms with van der Waals surface area (Å²) in [5.74, 6) is 0.414. The van der Waals surface area contributed by atoms with E-state index in [1.165, 1.54) is 0 Å². The van der Waals surface area contributed by atoms with Gasteiger partial charge in [-0.25, -0.2) is 4.98 Å². The number of halogens is 1. The zero-order valence-electron chi connectivity index (χ0n) is 11.3. The molecule has 2 rings (SSSR count). The molecule has 1 atom stereocenters. The van der Waals surface area contributed by atoms with Gasteiger partial charge in [-0.15, -0.1) is 11.6 Å². The molecular formula is C14H17ClN2O2. The van der Waals surface area contributed by atoms with Gasteiger partial charge in [0.25, 0.3) is 0 Å². The molecule has 0 aliphatic heterocycles. The van der Waals surface area contributed by atoms with Crippen LogP contribution in [0.3, 0.4) is 0 Å². The van der Waals surface area contributed by atoms with Crippen LogP contribution in [0, 0.1) is 6.92 Å². The number of hydrogen-bond acceptors (Lipinski definition) is 3. The number of nitrogens with zero attached hydrogens (tertiary/aromatic N) is 2. The van der Waals surface area contributed by atoms with E-state index in [1.807, 2.05) is 36.6 Å². The highest BCUT2D eigenvalue weighted by molar-refractivity contribution is 6.20. The zero-order valence-corrected chi connectivity index (χ0v) is 12.1. The normalized spacial score (nSPS) is 12.6. The quantitative estimate of drug-likeness (QED) is 0.638. The Balaban J connectivity index is 2.50. The highest BCUT2D eigenvalue weighted by Gasteiger charge is 2.17. The Hall–Kier alpha value is -1.55. The smallest absolute Gasteiger partial charge is 0.326 e. The second-order valence-corrected chi connectivity index (χ2v) is 5.12. The second kappa shape index (κ2) is 5.61. The number of ether oxygens (including phenoxy) is 1. The molecule has 0 aliphatic rings. The van der Waals surface area contributed by atoms with Crippen LogP contribution in [0.15, 0.2) is 18.2 Å². The maximum Gasteiger partial charge on any atom is 0.326 e. The van der Waals surface area contributed by atoms with E-state index in [0.29, 0.717) is 12.4 Å². The first kappa shape index (κ1) is 13.9. The predicted molar refractivity (Wildman–Crippen MR) is 75.4 cm³/mol. The van der Waals surface area contributed by atoms with Crippen molar-refractivity contribution in [3.63, 3.8) is 0 Å². The summed E-state index contributed by atoms with van der Waals surface area (Å²) in [6.45, 7) is 6.15. The topological polar surface area (TPSA) is 44.1 Å². The van der Waals surface area contributed by atoms with Crippen molar-refractivity contribution in [1.82, 2.24) is 9.55 Å². The maximum absolute atomic E-state index is 11.7. The molecule has 1 unspecified atom stereocenters. The fraction of sp³-hybridized carbons (Fsp3) is 0.429. The summed E-state index contributed by atoms with van der Waals surface area (Å²) in [5, 5.41) is -0.262. The number of carbonyl (C=O) groups excluding carboxylic acids is 1. The van der Waals surface area contributed by atoms with Gasteiger partial charge in [0.2, 0.25) is 0 Å². The van der Waals surface area contributed by atoms with Gasteiger partial charge in [0.15, 0.2) is 0 Å². The second-order valence-electron chi connectivity index (χ2n) is 4.47. The first-order valence-electron chi connectivity index (χ1n) is 6.29. The number of rotatable bonds is 4. The Morgan fingerprint density at radius 1 is 1.53 bits per heavy atom. The van der Waals surface area contributed by atoms with Crippen molar-refractivity contribution < 1.29 is 9.53 Å². The lowest BCUT2D eigenvalue weighted by atomic mass is 10.2. The summed E-state index contributed by atoms with van der Waals surface area (Å²) in [6, 6.07) is 5.94. The van der Waals surface area contributed by atoms with Gasteiger partial charge in [0.05, 0.1) is 23.0 Å². The van der Waals surface area contributed by atoms with E-state index in [-0.39, 0.29) is 17.9 Å². The summed E-state index contributed by atoms with van der Waals surface area (Å²) in [4.78, 5) is 16.2. The van der Waals surface area contributed by atoms with E-state index >= 15 is 0 Å². The van der Waals surface area contributed by atoms with Crippen molar-refractivity contribution in [3.8, 4) is 0 Å². The van der Waals surface area contributed by atoms with Gasteiger partial charge in [0.1, 0.15) is 12.4 Å². The minimum absolute atomic E-state index is 0.139. The number of aryl methyl sites for hydroxylation is 1. The molecule has 1 heterocycles. The van der Waals surface area contributed by atoms with Crippen LogP contribution in [0.25, 0.3) is 11.0 Å². The van der Waals surface area contributed by atoms with Crippen LogP contribution in [0.2, 0.25) is 0 Å². The molecule has 0 radical (unpaired) electrons. The Kier molecular flexibility index (Phi) is 4.10. The Morgan fingerprint density at radius 3 is 2.89 bits per heavy atom. The number of esters is 1. The summed E-state index contributed by atoms with van der Waals surface area (Å²) in [7, 11) is 0. The fourth-order valence-electron chi connectivity index (χ4n) is 2.06. The van der Waals surface area contributed by atoms with Gasteiger partial charge in [-0.2, -0.15) is 0 Å². The van der Waals surface area contributed by atoms with Crippen LogP contribution in [0.5, 0.6) is 0 Å². The summed E-state index contributed by atoms with van der Waals surface area (Å²) in [5.41, 5.74) is 2.87. The molecule has 5 heteroatoms. The largest absolute Gasteiger partial charge is 0.465 e. The monoisotopic (exact) mass is 280 g/mol. The first-order valence-corrected chi connectivity index (χ1v) is 6.73. The third kappa shape index (κ3) is 2.89. The predicted octanol–water partition coefficient (Wildman–Crippen LogP) is 3.21. The van der Waals surface area contributed by atoms with E-state index in [0.717, 1.165) is 16.6 Å². The van der Waals surface area contributed by atoms with Crippen molar-refractivity contribution in [3.05, 3.63) is 29.6 Å². The lowest BCUT2D eigenvalue weighted by molar-refractivity contribution is -0.143. The summed E-state index contributed by atoms with van der Waals surface area (Å²) < 4.78 is 6.83. The SMILES string of the molecule is CCOC(=O)Cn1c(C(C)Cl)nc2ccc(C)cc21. The minimum Gasteiger partial charge on any atom is -0.465 e. The van der Waals surface area contributed by atoms with Crippen molar-refractivity contribution in [2.45, 2.75) is 32.7 Å². The van der Waals surface area contributed by atoms with Gasteiger partial charge in [-0.05, 0) is 38.5 Å². The van der Waals surface area contributed by atoms with Gasteiger partial charge >= 0.3 is 5.97 Å². The summed E-state index contributed by atoms with van der Waals surface area (Å²) >= 11 is 6.14. The lowest BCUT2D eigenvalue weighted by Crippen LogP contribution is -2.15. The van der Waals surface area contributed by atoms with Crippen molar-refractivity contribution >= 4 is 28.6 Å². The third-order valence-electron chi connectivity index (χ3n) is 2.88. The van der Waals surface area contributed by atoms with E-state index in [1.54, 1.807) is 6.92 Å². The number of benzene rings is 1. The molecule has 0 N–H and O–H groups in total. The maximum atomic E-state index is 11.7. The molecule has 102 valence electrons. The van der Waals surface area contributed by atoms with E-state index < -0.39 is 0 Å². The molecule has 0 amide bonds. The minimum atomic E-state index is -0.276. The molecule has 0 aliphatic carbocycles. The van der Waals surface area contributed by atoms with Crippen molar-refractivity contribution in [2.24, 2.45) is 0 Å². The number of carbonyl (C=O) groups is 1. The Bertz CT molecular complexity index is 605. The number of hydrogen-bond donors (Lipinski definition) is 0. The van der Waals surface area contributed by atoms with Crippen LogP contribution in [0.1, 0.15) is 30.6 Å². The van der Waals surface area contributed by atoms with E-state index in [9.17, 15) is 4.79 Å². The molecule has 0 spiro atoms. The van der Waals surface area contributed by atoms with Crippen LogP contribution >= 0.6 is 11.6 Å². The molecule has 2 aromatic rings. The van der Waals surface area contributed by atoms with E-state index in [4.69, 9.17) is 16.3 Å². The van der Waals surface area contributed by atoms with Crippen molar-refractivity contribution in [1.29, 1.82) is 0 Å². The zero-order chi connectivity index (χ0) is 14.0. The molecule has 0 saturated carbocycles. The van der Waals surface area contributed by atoms with Crippen LogP contribution < -0.4 is 0 Å². The standard InChI is InChI=1S/C14H17ClN2O2/c1-4-19-13(18)8-17-12-7-9(2)5-6-11(12)16-14(17)10(3)15/h5-7,10H,4,8H2,1-3H3. The Morgan fingerprint density at radius 2 is 2.26 bits per heavy atom. The van der Waals surface area contributed by atoms with Gasteiger partial charge < -0.3 is 9.30 Å². The van der Waals surface area contributed by atoms with Gasteiger partial charge in [0, 0.05) is 0 Å². The van der Waals surface area contributed by atoms with Gasteiger partial charge in [-0.1, -0.05) is 6.07 Å². The lowest BCUT2D eigenvalue weighted by Gasteiger charge is -2.10. The first-order chi connectivity index (χ1) is 9.02. The highest BCUT2D eigenvalue weighted by Crippen LogP contribution is 2.25. The van der Waals surface area contributed by atoms with Crippen LogP contribution in [-0.2, 0) is 16.1 Å². The number of fused-ring (bicyclic) bond motifs is 1. The molecular weight excluding hydrogens is 264 g/mol. The number of aromatic nitrogens is 2. The fourth-order valence-corrected chi connectivity index (χ4v) is 2.22. The molecule has 0 fully saturated rings. The average Bonchev–Trinajstić information content (AvgIpc) is 2.68. The third-order valence-corrected chi connectivity index (χ3v) is 3.08. The molecule has 0 bridgehead atoms. The molecule has 0 saturated heterocycles. The van der Waals surface area contributed by atoms with Crippen LogP contribution in [0.4, 0.5) is 0 Å². The van der Waals surface area contributed by atoms with Crippen molar-refractivity contribution in [2.75, 3.05) is 6.61 Å². The molecule has 4 nitrogen and oxygen atoms in total. The summed E-state index contributed by atoms with van der Waals surface area (Å²) in [6.07, 6.45) is 0. The highest BCUT2D eigenvalue weighted by atomic mass is 35.5.